The van der Waals surface area contributed by atoms with Crippen LogP contribution in [0.15, 0.2) is 36.4 Å². The lowest BCUT2D eigenvalue weighted by Gasteiger charge is -2.19. The van der Waals surface area contributed by atoms with Gasteiger partial charge in [-0.2, -0.15) is 0 Å². The molecule has 0 radical (unpaired) electrons. The van der Waals surface area contributed by atoms with Crippen molar-refractivity contribution in [2.24, 2.45) is 0 Å². The molecule has 0 atom stereocenters. The van der Waals surface area contributed by atoms with Crippen LogP contribution in [-0.4, -0.2) is 21.6 Å². The lowest BCUT2D eigenvalue weighted by atomic mass is 10.1. The minimum absolute atomic E-state index is 0.225. The van der Waals surface area contributed by atoms with E-state index >= 15 is 0 Å². The molecule has 0 aliphatic heterocycles. The lowest BCUT2D eigenvalue weighted by molar-refractivity contribution is 0.0913. The first-order chi connectivity index (χ1) is 9.85. The Morgan fingerprint density at radius 1 is 1.05 bits per heavy atom. The van der Waals surface area contributed by atoms with Gasteiger partial charge in [-0.15, -0.1) is 10.2 Å². The van der Waals surface area contributed by atoms with Gasteiger partial charge in [0.15, 0.2) is 11.5 Å². The molecule has 1 heterocycles. The van der Waals surface area contributed by atoms with Crippen molar-refractivity contribution < 1.29 is 4.79 Å². The maximum atomic E-state index is 12.0. The average Bonchev–Trinajstić information content (AvgIpc) is 2.40. The fourth-order valence-corrected chi connectivity index (χ4v) is 1.78. The largest absolute Gasteiger partial charge is 0.346 e. The molecule has 5 nitrogen and oxygen atoms in total. The van der Waals surface area contributed by atoms with Gasteiger partial charge in [0, 0.05) is 11.2 Å². The third-order valence-electron chi connectivity index (χ3n) is 2.79. The number of amides is 1. The summed E-state index contributed by atoms with van der Waals surface area (Å²) in [6.45, 7) is 7.78. The fraction of sp³-hybridized carbons (Fsp3) is 0.312. The minimum atomic E-state index is -0.295. The van der Waals surface area contributed by atoms with Crippen molar-refractivity contribution in [1.29, 1.82) is 0 Å². The predicted octanol–water partition coefficient (Wildman–Crippen LogP) is 3.06. The number of nitrogens with zero attached hydrogens (tertiary/aromatic N) is 2. The Hall–Kier alpha value is -2.43. The normalized spacial score (nSPS) is 11.0. The van der Waals surface area contributed by atoms with Crippen LogP contribution in [0.3, 0.4) is 0 Å². The second-order valence-electron chi connectivity index (χ2n) is 5.95. The van der Waals surface area contributed by atoms with Crippen LogP contribution in [-0.2, 0) is 0 Å². The van der Waals surface area contributed by atoms with Crippen LogP contribution in [0.5, 0.6) is 0 Å². The summed E-state index contributed by atoms with van der Waals surface area (Å²) in [5.41, 5.74) is 2.10. The highest BCUT2D eigenvalue weighted by Crippen LogP contribution is 2.18. The molecule has 0 fully saturated rings. The second kappa shape index (κ2) is 5.91. The summed E-state index contributed by atoms with van der Waals surface area (Å²) in [5, 5.41) is 14.0. The van der Waals surface area contributed by atoms with Crippen molar-refractivity contribution in [3.8, 4) is 0 Å². The van der Waals surface area contributed by atoms with E-state index < -0.39 is 0 Å². The predicted molar refractivity (Wildman–Crippen MR) is 83.7 cm³/mol. The molecular formula is C16H20N4O. The number of benzene rings is 1. The monoisotopic (exact) mass is 284 g/mol. The van der Waals surface area contributed by atoms with E-state index in [1.54, 1.807) is 12.1 Å². The van der Waals surface area contributed by atoms with Crippen LogP contribution in [0.4, 0.5) is 11.5 Å². The number of para-hydroxylation sites is 1. The average molecular weight is 284 g/mol. The molecular weight excluding hydrogens is 264 g/mol. The van der Waals surface area contributed by atoms with Gasteiger partial charge >= 0.3 is 0 Å². The zero-order chi connectivity index (χ0) is 15.5. The van der Waals surface area contributed by atoms with E-state index in [0.29, 0.717) is 11.5 Å². The first-order valence-corrected chi connectivity index (χ1v) is 6.84. The Labute approximate surface area is 124 Å². The highest BCUT2D eigenvalue weighted by molar-refractivity contribution is 5.92. The molecule has 0 saturated carbocycles. The number of rotatable bonds is 3. The van der Waals surface area contributed by atoms with E-state index in [-0.39, 0.29) is 11.4 Å². The molecule has 1 aromatic heterocycles. The molecule has 1 aromatic carbocycles. The molecule has 1 amide bonds. The van der Waals surface area contributed by atoms with E-state index in [2.05, 4.69) is 20.8 Å². The number of carbonyl (C=O) groups is 1. The summed E-state index contributed by atoms with van der Waals surface area (Å²) in [5.74, 6) is 0.383. The van der Waals surface area contributed by atoms with Crippen LogP contribution in [0, 0.1) is 6.92 Å². The topological polar surface area (TPSA) is 66.9 Å². The summed E-state index contributed by atoms with van der Waals surface area (Å²) in [7, 11) is 0. The second-order valence-corrected chi connectivity index (χ2v) is 5.95. The van der Waals surface area contributed by atoms with Crippen molar-refractivity contribution in [2.45, 2.75) is 33.2 Å². The smallest absolute Gasteiger partial charge is 0.272 e. The van der Waals surface area contributed by atoms with Gasteiger partial charge < -0.3 is 10.6 Å². The van der Waals surface area contributed by atoms with Crippen LogP contribution in [0.2, 0.25) is 0 Å². The van der Waals surface area contributed by atoms with Crippen LogP contribution >= 0.6 is 0 Å². The van der Waals surface area contributed by atoms with Crippen LogP contribution in [0.25, 0.3) is 0 Å². The van der Waals surface area contributed by atoms with Crippen molar-refractivity contribution >= 4 is 17.4 Å². The first-order valence-electron chi connectivity index (χ1n) is 6.84. The standard InChI is InChI=1S/C16H20N4O/c1-11-7-5-6-8-12(11)17-14-10-9-13(19-20-14)15(21)18-16(2,3)4/h5-10H,1-4H3,(H,17,20)(H,18,21). The molecule has 5 heteroatoms. The van der Waals surface area contributed by atoms with E-state index in [1.165, 1.54) is 0 Å². The maximum Gasteiger partial charge on any atom is 0.272 e. The Morgan fingerprint density at radius 2 is 1.76 bits per heavy atom. The number of aromatic nitrogens is 2. The minimum Gasteiger partial charge on any atom is -0.346 e. The van der Waals surface area contributed by atoms with Crippen molar-refractivity contribution in [1.82, 2.24) is 15.5 Å². The fourth-order valence-electron chi connectivity index (χ4n) is 1.78. The molecule has 0 bridgehead atoms. The maximum absolute atomic E-state index is 12.0. The third kappa shape index (κ3) is 4.27. The zero-order valence-corrected chi connectivity index (χ0v) is 12.8. The highest BCUT2D eigenvalue weighted by Gasteiger charge is 2.16. The van der Waals surface area contributed by atoms with E-state index in [0.717, 1.165) is 11.3 Å². The van der Waals surface area contributed by atoms with Gasteiger partial charge in [-0.1, -0.05) is 18.2 Å². The van der Waals surface area contributed by atoms with Gasteiger partial charge in [-0.05, 0) is 51.5 Å². The molecule has 2 rings (SSSR count). The molecule has 110 valence electrons. The quantitative estimate of drug-likeness (QED) is 0.909. The number of hydrogen-bond acceptors (Lipinski definition) is 4. The number of aryl methyl sites for hydroxylation is 1. The SMILES string of the molecule is Cc1ccccc1Nc1ccc(C(=O)NC(C)(C)C)nn1. The summed E-state index contributed by atoms with van der Waals surface area (Å²) in [6, 6.07) is 11.3. The van der Waals surface area contributed by atoms with Gasteiger partial charge in [0.2, 0.25) is 0 Å². The molecule has 2 aromatic rings. The van der Waals surface area contributed by atoms with E-state index in [9.17, 15) is 4.79 Å². The van der Waals surface area contributed by atoms with Crippen molar-refractivity contribution in [3.05, 3.63) is 47.7 Å². The third-order valence-corrected chi connectivity index (χ3v) is 2.79. The van der Waals surface area contributed by atoms with Gasteiger partial charge in [0.05, 0.1) is 0 Å². The first kappa shape index (κ1) is 15.0. The van der Waals surface area contributed by atoms with Gasteiger partial charge in [0.25, 0.3) is 5.91 Å². The number of carbonyl (C=O) groups excluding carboxylic acids is 1. The van der Waals surface area contributed by atoms with Crippen molar-refractivity contribution in [3.63, 3.8) is 0 Å². The summed E-state index contributed by atoms with van der Waals surface area (Å²) in [6.07, 6.45) is 0. The zero-order valence-electron chi connectivity index (χ0n) is 12.8. The molecule has 0 unspecified atom stereocenters. The number of anilines is 2. The Kier molecular flexibility index (Phi) is 4.21. The van der Waals surface area contributed by atoms with Crippen LogP contribution < -0.4 is 10.6 Å². The molecule has 0 aliphatic rings. The highest BCUT2D eigenvalue weighted by atomic mass is 16.2. The summed E-state index contributed by atoms with van der Waals surface area (Å²) in [4.78, 5) is 12.0. The Morgan fingerprint density at radius 3 is 2.33 bits per heavy atom. The molecule has 0 saturated heterocycles. The van der Waals surface area contributed by atoms with E-state index in [1.807, 2.05) is 52.0 Å². The van der Waals surface area contributed by atoms with Gasteiger partial charge in [0.1, 0.15) is 0 Å². The number of hydrogen-bond donors (Lipinski definition) is 2. The van der Waals surface area contributed by atoms with Crippen molar-refractivity contribution in [2.75, 3.05) is 5.32 Å². The van der Waals surface area contributed by atoms with Gasteiger partial charge in [-0.25, -0.2) is 0 Å². The Bertz CT molecular complexity index is 629. The summed E-state index contributed by atoms with van der Waals surface area (Å²) < 4.78 is 0. The lowest BCUT2D eigenvalue weighted by Crippen LogP contribution is -2.41. The summed E-state index contributed by atoms with van der Waals surface area (Å²) >= 11 is 0. The molecule has 0 spiro atoms. The molecule has 21 heavy (non-hydrogen) atoms. The molecule has 2 N–H and O–H groups in total. The van der Waals surface area contributed by atoms with Gasteiger partial charge in [-0.3, -0.25) is 4.79 Å². The van der Waals surface area contributed by atoms with Crippen LogP contribution in [0.1, 0.15) is 36.8 Å². The van der Waals surface area contributed by atoms with E-state index in [4.69, 9.17) is 0 Å². The Balaban J connectivity index is 2.09. The number of nitrogens with one attached hydrogen (secondary N) is 2. The molecule has 0 aliphatic carbocycles.